The number of benzene rings is 2. The molecule has 0 spiro atoms. The second kappa shape index (κ2) is 11.5. The van der Waals surface area contributed by atoms with Gasteiger partial charge in [-0.25, -0.2) is 9.48 Å². The van der Waals surface area contributed by atoms with Crippen molar-refractivity contribution in [2.75, 3.05) is 36.5 Å². The lowest BCUT2D eigenvalue weighted by atomic mass is 10.2. The molecule has 1 saturated heterocycles. The monoisotopic (exact) mass is 550 g/mol. The molecule has 2 heterocycles. The molecule has 4 rings (SSSR count). The van der Waals surface area contributed by atoms with E-state index < -0.39 is 18.0 Å². The summed E-state index contributed by atoms with van der Waals surface area (Å²) in [6.45, 7) is 6.41. The lowest BCUT2D eigenvalue weighted by molar-refractivity contribution is -0.123. The largest absolute Gasteiger partial charge is 0.449 e. The molecule has 36 heavy (non-hydrogen) atoms. The summed E-state index contributed by atoms with van der Waals surface area (Å²) in [5.41, 5.74) is 2.86. The highest BCUT2D eigenvalue weighted by atomic mass is 35.5. The number of anilines is 2. The minimum atomic E-state index is -1.05. The smallest absolute Gasteiger partial charge is 0.343 e. The molecule has 0 saturated carbocycles. The molecule has 0 bridgehead atoms. The van der Waals surface area contributed by atoms with Gasteiger partial charge in [-0.1, -0.05) is 40.9 Å². The first-order chi connectivity index (χ1) is 17.2. The Balaban J connectivity index is 1.38. The summed E-state index contributed by atoms with van der Waals surface area (Å²) in [5, 5.41) is 8.16. The van der Waals surface area contributed by atoms with Crippen LogP contribution in [-0.2, 0) is 20.8 Å². The summed E-state index contributed by atoms with van der Waals surface area (Å²) in [6, 6.07) is 12.6. The number of hydrogen-bond donors (Lipinski definition) is 1. The molecule has 1 fully saturated rings. The lowest BCUT2D eigenvalue weighted by Crippen LogP contribution is -2.36. The highest BCUT2D eigenvalue weighted by Gasteiger charge is 2.26. The van der Waals surface area contributed by atoms with Crippen molar-refractivity contribution in [3.05, 3.63) is 74.5 Å². The Morgan fingerprint density at radius 1 is 1.11 bits per heavy atom. The molecule has 1 amide bonds. The fourth-order valence-electron chi connectivity index (χ4n) is 3.80. The number of aryl methyl sites for hydroxylation is 1. The summed E-state index contributed by atoms with van der Waals surface area (Å²) < 4.78 is 12.2. The predicted molar refractivity (Wildman–Crippen MR) is 141 cm³/mol. The van der Waals surface area contributed by atoms with Gasteiger partial charge in [0, 0.05) is 34.5 Å². The molecule has 0 radical (unpaired) electrons. The number of carbonyl (C=O) groups excluding carboxylic acids is 2. The second-order valence-corrected chi connectivity index (χ2v) is 9.53. The number of amides is 1. The molecule has 1 atom stereocenters. The van der Waals surface area contributed by atoms with Gasteiger partial charge in [0.2, 0.25) is 0 Å². The van der Waals surface area contributed by atoms with Crippen LogP contribution in [0.3, 0.4) is 0 Å². The Labute approximate surface area is 224 Å². The van der Waals surface area contributed by atoms with Gasteiger partial charge in [0.15, 0.2) is 6.10 Å². The van der Waals surface area contributed by atoms with Crippen LogP contribution in [0, 0.1) is 6.92 Å². The second-order valence-electron chi connectivity index (χ2n) is 8.33. The van der Waals surface area contributed by atoms with Crippen LogP contribution < -0.4 is 10.2 Å². The first kappa shape index (κ1) is 26.3. The van der Waals surface area contributed by atoms with Crippen molar-refractivity contribution in [3.8, 4) is 0 Å². The number of halogens is 3. The number of rotatable bonds is 7. The van der Waals surface area contributed by atoms with Gasteiger partial charge in [0.05, 0.1) is 25.5 Å². The van der Waals surface area contributed by atoms with E-state index in [1.54, 1.807) is 25.1 Å². The number of morpholine rings is 1. The van der Waals surface area contributed by atoms with Crippen molar-refractivity contribution in [2.45, 2.75) is 26.5 Å². The van der Waals surface area contributed by atoms with Crippen molar-refractivity contribution in [1.29, 1.82) is 0 Å². The van der Waals surface area contributed by atoms with E-state index in [4.69, 9.17) is 44.3 Å². The van der Waals surface area contributed by atoms with Gasteiger partial charge in [-0.05, 0) is 55.8 Å². The maximum absolute atomic E-state index is 12.9. The van der Waals surface area contributed by atoms with Crippen molar-refractivity contribution in [2.24, 2.45) is 0 Å². The normalized spacial score (nSPS) is 14.4. The third-order valence-electron chi connectivity index (χ3n) is 5.77. The van der Waals surface area contributed by atoms with Crippen molar-refractivity contribution in [1.82, 2.24) is 9.78 Å². The topological polar surface area (TPSA) is 85.7 Å². The zero-order chi connectivity index (χ0) is 25.8. The van der Waals surface area contributed by atoms with E-state index in [0.717, 1.165) is 24.3 Å². The Morgan fingerprint density at radius 2 is 1.81 bits per heavy atom. The first-order valence-corrected chi connectivity index (χ1v) is 12.5. The van der Waals surface area contributed by atoms with Gasteiger partial charge < -0.3 is 19.7 Å². The van der Waals surface area contributed by atoms with Crippen LogP contribution >= 0.6 is 34.8 Å². The first-order valence-electron chi connectivity index (χ1n) is 11.3. The summed E-state index contributed by atoms with van der Waals surface area (Å²) in [6.07, 6.45) is -1.05. The van der Waals surface area contributed by atoms with Crippen LogP contribution in [0.1, 0.15) is 28.5 Å². The fraction of sp³-hybridized carbons (Fsp3) is 0.320. The molecule has 190 valence electrons. The number of nitrogens with zero attached hydrogens (tertiary/aromatic N) is 3. The number of esters is 1. The van der Waals surface area contributed by atoms with Crippen molar-refractivity contribution < 1.29 is 19.1 Å². The number of nitrogens with one attached hydrogen (secondary N) is 1. The summed E-state index contributed by atoms with van der Waals surface area (Å²) in [4.78, 5) is 27.7. The summed E-state index contributed by atoms with van der Waals surface area (Å²) in [7, 11) is 0. The Morgan fingerprint density at radius 3 is 2.47 bits per heavy atom. The minimum absolute atomic E-state index is 0.0924. The van der Waals surface area contributed by atoms with Crippen LogP contribution in [0.15, 0.2) is 42.5 Å². The maximum Gasteiger partial charge on any atom is 0.343 e. The van der Waals surface area contributed by atoms with E-state index >= 15 is 0 Å². The summed E-state index contributed by atoms with van der Waals surface area (Å²) in [5.74, 6) is -1.20. The lowest BCUT2D eigenvalue weighted by Gasteiger charge is -2.28. The van der Waals surface area contributed by atoms with Gasteiger partial charge in [0.25, 0.3) is 5.91 Å². The maximum atomic E-state index is 12.9. The fourth-order valence-corrected chi connectivity index (χ4v) is 4.57. The van der Waals surface area contributed by atoms with Gasteiger partial charge in [-0.3, -0.25) is 4.79 Å². The number of hydrogen-bond acceptors (Lipinski definition) is 6. The van der Waals surface area contributed by atoms with Gasteiger partial charge in [-0.15, -0.1) is 0 Å². The zero-order valence-corrected chi connectivity index (χ0v) is 22.0. The van der Waals surface area contributed by atoms with E-state index in [1.807, 2.05) is 24.3 Å². The van der Waals surface area contributed by atoms with Crippen LogP contribution in [0.2, 0.25) is 15.2 Å². The molecule has 3 aromatic rings. The van der Waals surface area contributed by atoms with E-state index in [1.165, 1.54) is 11.6 Å². The van der Waals surface area contributed by atoms with Crippen molar-refractivity contribution in [3.63, 3.8) is 0 Å². The molecular weight excluding hydrogens is 527 g/mol. The molecule has 1 N–H and O–H groups in total. The van der Waals surface area contributed by atoms with Crippen molar-refractivity contribution >= 4 is 58.1 Å². The van der Waals surface area contributed by atoms with Crippen LogP contribution in [-0.4, -0.2) is 54.1 Å². The standard InChI is InChI=1S/C25H25Cl3N4O4/c1-15-22(23(28)32(30-15)14-17-3-4-18(26)13-21(17)27)25(34)36-16(2)24(33)29-19-5-7-20(8-6-19)31-9-11-35-12-10-31/h3-8,13,16H,9-12,14H2,1-2H3,(H,29,33)/t16-/m1/s1. The zero-order valence-electron chi connectivity index (χ0n) is 19.8. The third kappa shape index (κ3) is 6.13. The molecule has 0 aliphatic carbocycles. The van der Waals surface area contributed by atoms with E-state index in [9.17, 15) is 9.59 Å². The van der Waals surface area contributed by atoms with Crippen LogP contribution in [0.5, 0.6) is 0 Å². The predicted octanol–water partition coefficient (Wildman–Crippen LogP) is 5.22. The van der Waals surface area contributed by atoms with E-state index in [2.05, 4.69) is 15.3 Å². The average molecular weight is 552 g/mol. The van der Waals surface area contributed by atoms with Gasteiger partial charge >= 0.3 is 5.97 Å². The Hall–Kier alpha value is -2.78. The number of carbonyl (C=O) groups is 2. The molecule has 1 aliphatic heterocycles. The summed E-state index contributed by atoms with van der Waals surface area (Å²) >= 11 is 18.6. The molecule has 11 heteroatoms. The quantitative estimate of drug-likeness (QED) is 0.405. The molecule has 0 unspecified atom stereocenters. The van der Waals surface area contributed by atoms with Gasteiger partial charge in [-0.2, -0.15) is 5.10 Å². The molecule has 1 aliphatic rings. The highest BCUT2D eigenvalue weighted by Crippen LogP contribution is 2.26. The molecular formula is C25H25Cl3N4O4. The average Bonchev–Trinajstić information content (AvgIpc) is 3.14. The van der Waals surface area contributed by atoms with Crippen LogP contribution in [0.4, 0.5) is 11.4 Å². The molecule has 2 aromatic carbocycles. The van der Waals surface area contributed by atoms with E-state index in [0.29, 0.717) is 34.6 Å². The Bertz CT molecular complexity index is 1260. The SMILES string of the molecule is Cc1nn(Cc2ccc(Cl)cc2Cl)c(Cl)c1C(=O)O[C@H](C)C(=O)Nc1ccc(N2CCOCC2)cc1. The molecule has 1 aromatic heterocycles. The molecule has 8 nitrogen and oxygen atoms in total. The number of ether oxygens (including phenoxy) is 2. The Kier molecular flexibility index (Phi) is 8.41. The highest BCUT2D eigenvalue weighted by molar-refractivity contribution is 6.35. The third-order valence-corrected chi connectivity index (χ3v) is 6.74. The van der Waals surface area contributed by atoms with Gasteiger partial charge in [0.1, 0.15) is 10.7 Å². The number of aromatic nitrogens is 2. The van der Waals surface area contributed by atoms with Crippen LogP contribution in [0.25, 0.3) is 0 Å². The minimum Gasteiger partial charge on any atom is -0.449 e. The van der Waals surface area contributed by atoms with E-state index in [-0.39, 0.29) is 17.3 Å².